The van der Waals surface area contributed by atoms with Gasteiger partial charge in [0, 0.05) is 17.1 Å². The number of nitrogens with zero attached hydrogens (tertiary/aromatic N) is 3. The zero-order valence-corrected chi connectivity index (χ0v) is 18.7. The number of rotatable bonds is 8. The van der Waals surface area contributed by atoms with E-state index in [-0.39, 0.29) is 11.9 Å². The molecule has 1 saturated carbocycles. The van der Waals surface area contributed by atoms with Crippen LogP contribution in [0.4, 0.5) is 0 Å². The van der Waals surface area contributed by atoms with Gasteiger partial charge in [0.25, 0.3) is 0 Å². The summed E-state index contributed by atoms with van der Waals surface area (Å²) >= 11 is 7.44. The summed E-state index contributed by atoms with van der Waals surface area (Å²) in [5.74, 6) is 1.66. The number of thioether (sulfide) groups is 1. The third kappa shape index (κ3) is 4.87. The van der Waals surface area contributed by atoms with Crippen LogP contribution in [0.2, 0.25) is 5.02 Å². The number of amides is 1. The van der Waals surface area contributed by atoms with E-state index in [0.717, 1.165) is 41.5 Å². The zero-order chi connectivity index (χ0) is 21.1. The van der Waals surface area contributed by atoms with Crippen LogP contribution in [0.15, 0.2) is 53.7 Å². The Hall–Kier alpha value is -2.31. The number of halogens is 1. The van der Waals surface area contributed by atoms with E-state index >= 15 is 0 Å². The van der Waals surface area contributed by atoms with Crippen molar-refractivity contribution in [2.24, 2.45) is 5.92 Å². The summed E-state index contributed by atoms with van der Waals surface area (Å²) < 4.78 is 2.06. The molecule has 1 N–H and O–H groups in total. The zero-order valence-electron chi connectivity index (χ0n) is 17.1. The van der Waals surface area contributed by atoms with Gasteiger partial charge in [-0.3, -0.25) is 4.79 Å². The van der Waals surface area contributed by atoms with Crippen LogP contribution in [-0.2, 0) is 11.3 Å². The molecule has 0 aliphatic heterocycles. The van der Waals surface area contributed by atoms with Crippen molar-refractivity contribution in [2.45, 2.75) is 44.4 Å². The number of hydrogen-bond donors (Lipinski definition) is 1. The summed E-state index contributed by atoms with van der Waals surface area (Å²) in [4.78, 5) is 12.7. The summed E-state index contributed by atoms with van der Waals surface area (Å²) in [5.41, 5.74) is 3.33. The van der Waals surface area contributed by atoms with Crippen molar-refractivity contribution in [3.63, 3.8) is 0 Å². The Morgan fingerprint density at radius 2 is 2.00 bits per heavy atom. The predicted octanol–water partition coefficient (Wildman–Crippen LogP) is 5.29. The number of aryl methyl sites for hydroxylation is 1. The molecule has 1 aliphatic rings. The number of aromatic nitrogens is 3. The molecule has 1 aliphatic carbocycles. The molecular weight excluding hydrogens is 416 g/mol. The van der Waals surface area contributed by atoms with E-state index in [9.17, 15) is 4.79 Å². The van der Waals surface area contributed by atoms with Crippen molar-refractivity contribution >= 4 is 29.3 Å². The van der Waals surface area contributed by atoms with Crippen molar-refractivity contribution in [3.8, 4) is 11.4 Å². The first-order valence-corrected chi connectivity index (χ1v) is 11.6. The maximum atomic E-state index is 12.7. The summed E-state index contributed by atoms with van der Waals surface area (Å²) in [6.45, 7) is 4.87. The van der Waals surface area contributed by atoms with Gasteiger partial charge in [-0.15, -0.1) is 10.2 Å². The number of hydrogen-bond acceptors (Lipinski definition) is 4. The smallest absolute Gasteiger partial charge is 0.230 e. The van der Waals surface area contributed by atoms with E-state index in [2.05, 4.69) is 46.1 Å². The van der Waals surface area contributed by atoms with Crippen LogP contribution in [0.25, 0.3) is 11.4 Å². The fourth-order valence-corrected chi connectivity index (χ4v) is 4.54. The average Bonchev–Trinajstić information content (AvgIpc) is 3.50. The lowest BCUT2D eigenvalue weighted by molar-refractivity contribution is -0.119. The Morgan fingerprint density at radius 1 is 1.23 bits per heavy atom. The van der Waals surface area contributed by atoms with Gasteiger partial charge in [0.05, 0.1) is 11.8 Å². The van der Waals surface area contributed by atoms with Crippen molar-refractivity contribution in [1.29, 1.82) is 0 Å². The van der Waals surface area contributed by atoms with Crippen molar-refractivity contribution in [3.05, 3.63) is 64.7 Å². The van der Waals surface area contributed by atoms with Gasteiger partial charge in [0.15, 0.2) is 11.0 Å². The Bertz CT molecular complexity index is 1030. The minimum atomic E-state index is 0.00890. The number of carbonyl (C=O) groups excluding carboxylic acids is 1. The van der Waals surface area contributed by atoms with Crippen molar-refractivity contribution in [1.82, 2.24) is 20.1 Å². The standard InChI is InChI=1S/C23H25ClN4OS/c1-3-28-22(18-6-4-5-15(2)13-18)26-27-23(28)30-14-20(29)25-21(16-7-8-16)17-9-11-19(24)12-10-17/h4-6,9-13,16,21H,3,7-8,14H2,1-2H3,(H,25,29). The minimum absolute atomic E-state index is 0.00890. The molecule has 4 rings (SSSR count). The molecule has 0 saturated heterocycles. The van der Waals surface area contributed by atoms with Crippen LogP contribution in [0, 0.1) is 12.8 Å². The highest BCUT2D eigenvalue weighted by Gasteiger charge is 2.33. The molecule has 0 radical (unpaired) electrons. The first-order chi connectivity index (χ1) is 14.5. The lowest BCUT2D eigenvalue weighted by atomic mass is 10.0. The van der Waals surface area contributed by atoms with E-state index in [4.69, 9.17) is 11.6 Å². The molecule has 1 aromatic heterocycles. The van der Waals surface area contributed by atoms with Crippen LogP contribution >= 0.6 is 23.4 Å². The van der Waals surface area contributed by atoms with E-state index in [1.54, 1.807) is 0 Å². The second-order valence-electron chi connectivity index (χ2n) is 7.64. The van der Waals surface area contributed by atoms with Gasteiger partial charge in [0.2, 0.25) is 5.91 Å². The second-order valence-corrected chi connectivity index (χ2v) is 9.02. The van der Waals surface area contributed by atoms with Crippen molar-refractivity contribution < 1.29 is 4.79 Å². The van der Waals surface area contributed by atoms with Gasteiger partial charge in [0.1, 0.15) is 0 Å². The van der Waals surface area contributed by atoms with E-state index in [0.29, 0.717) is 16.7 Å². The third-order valence-corrected chi connectivity index (χ3v) is 6.50. The Balaban J connectivity index is 1.43. The molecule has 7 heteroatoms. The molecule has 0 spiro atoms. The maximum absolute atomic E-state index is 12.7. The van der Waals surface area contributed by atoms with E-state index < -0.39 is 0 Å². The highest BCUT2D eigenvalue weighted by molar-refractivity contribution is 7.99. The molecule has 1 fully saturated rings. The fraction of sp³-hybridized carbons (Fsp3) is 0.348. The number of carbonyl (C=O) groups is 1. The Morgan fingerprint density at radius 3 is 2.67 bits per heavy atom. The topological polar surface area (TPSA) is 59.8 Å². The monoisotopic (exact) mass is 440 g/mol. The molecule has 1 heterocycles. The average molecular weight is 441 g/mol. The SMILES string of the molecule is CCn1c(SCC(=O)NC(c2ccc(Cl)cc2)C2CC2)nnc1-c1cccc(C)c1. The fourth-order valence-electron chi connectivity index (χ4n) is 3.60. The molecular formula is C23H25ClN4OS. The molecule has 2 aromatic carbocycles. The quantitative estimate of drug-likeness (QED) is 0.483. The lowest BCUT2D eigenvalue weighted by Crippen LogP contribution is -2.31. The van der Waals surface area contributed by atoms with E-state index in [1.165, 1.54) is 17.3 Å². The highest BCUT2D eigenvalue weighted by atomic mass is 35.5. The number of nitrogens with one attached hydrogen (secondary N) is 1. The molecule has 0 bridgehead atoms. The summed E-state index contributed by atoms with van der Waals surface area (Å²) in [6.07, 6.45) is 2.29. The molecule has 30 heavy (non-hydrogen) atoms. The molecule has 156 valence electrons. The Labute approximate surface area is 186 Å². The molecule has 1 atom stereocenters. The minimum Gasteiger partial charge on any atom is -0.348 e. The molecule has 5 nitrogen and oxygen atoms in total. The molecule has 1 unspecified atom stereocenters. The van der Waals surface area contributed by atoms with Gasteiger partial charge < -0.3 is 9.88 Å². The van der Waals surface area contributed by atoms with Crippen LogP contribution in [0.1, 0.15) is 36.9 Å². The summed E-state index contributed by atoms with van der Waals surface area (Å²) in [6, 6.07) is 16.0. The third-order valence-electron chi connectivity index (χ3n) is 5.28. The predicted molar refractivity (Wildman–Crippen MR) is 122 cm³/mol. The first-order valence-electron chi connectivity index (χ1n) is 10.2. The Kier molecular flexibility index (Phi) is 6.44. The first kappa shape index (κ1) is 20.9. The van der Waals surface area contributed by atoms with Gasteiger partial charge >= 0.3 is 0 Å². The maximum Gasteiger partial charge on any atom is 0.230 e. The van der Waals surface area contributed by atoms with Gasteiger partial charge in [-0.2, -0.15) is 0 Å². The molecule has 1 amide bonds. The largest absolute Gasteiger partial charge is 0.348 e. The van der Waals surface area contributed by atoms with Gasteiger partial charge in [-0.1, -0.05) is 59.3 Å². The van der Waals surface area contributed by atoms with Crippen LogP contribution in [0.3, 0.4) is 0 Å². The van der Waals surface area contributed by atoms with Crippen LogP contribution < -0.4 is 5.32 Å². The van der Waals surface area contributed by atoms with Crippen molar-refractivity contribution in [2.75, 3.05) is 5.75 Å². The number of benzene rings is 2. The highest BCUT2D eigenvalue weighted by Crippen LogP contribution is 2.41. The van der Waals surface area contributed by atoms with Gasteiger partial charge in [-0.25, -0.2) is 0 Å². The van der Waals surface area contributed by atoms with Crippen LogP contribution in [0.5, 0.6) is 0 Å². The summed E-state index contributed by atoms with van der Waals surface area (Å²) in [5, 5.41) is 13.4. The van der Waals surface area contributed by atoms with E-state index in [1.807, 2.05) is 36.4 Å². The lowest BCUT2D eigenvalue weighted by Gasteiger charge is -2.19. The summed E-state index contributed by atoms with van der Waals surface area (Å²) in [7, 11) is 0. The van der Waals surface area contributed by atoms with Crippen LogP contribution in [-0.4, -0.2) is 26.4 Å². The molecule has 3 aromatic rings. The second kappa shape index (κ2) is 9.23. The normalized spacial score (nSPS) is 14.5. The van der Waals surface area contributed by atoms with Gasteiger partial charge in [-0.05, 0) is 56.4 Å².